The Morgan fingerprint density at radius 2 is 2.31 bits per heavy atom. The Labute approximate surface area is 95.1 Å². The van der Waals surface area contributed by atoms with E-state index in [1.165, 1.54) is 0 Å². The molecule has 16 heavy (non-hydrogen) atoms. The van der Waals surface area contributed by atoms with Crippen LogP contribution in [0.1, 0.15) is 10.4 Å². The van der Waals surface area contributed by atoms with E-state index in [0.29, 0.717) is 31.0 Å². The zero-order valence-electron chi connectivity index (χ0n) is 9.11. The number of carbonyl (C=O) groups is 1. The van der Waals surface area contributed by atoms with E-state index in [1.807, 2.05) is 24.3 Å². The third-order valence-corrected chi connectivity index (χ3v) is 2.64. The van der Waals surface area contributed by atoms with Crippen molar-refractivity contribution in [2.45, 2.75) is 0 Å². The predicted molar refractivity (Wildman–Crippen MR) is 62.8 cm³/mol. The third kappa shape index (κ3) is 2.14. The molecule has 1 aromatic carbocycles. The summed E-state index contributed by atoms with van der Waals surface area (Å²) in [4.78, 5) is 12.1. The number of hydrogen-bond donors (Lipinski definition) is 1. The predicted octanol–water partition coefficient (Wildman–Crippen LogP) is 1.65. The molecule has 3 heteroatoms. The van der Waals surface area contributed by atoms with Crippen LogP contribution in [0.5, 0.6) is 5.75 Å². The Kier molecular flexibility index (Phi) is 3.37. The van der Waals surface area contributed by atoms with Gasteiger partial charge in [0.25, 0.3) is 0 Å². The van der Waals surface area contributed by atoms with Crippen LogP contribution < -0.4 is 10.1 Å². The fourth-order valence-corrected chi connectivity index (χ4v) is 1.79. The molecule has 0 saturated carbocycles. The quantitative estimate of drug-likeness (QED) is 0.615. The maximum Gasteiger partial charge on any atom is 0.174 e. The Hall–Kier alpha value is -1.61. The van der Waals surface area contributed by atoms with Crippen molar-refractivity contribution in [3.05, 3.63) is 42.5 Å². The Bertz CT molecular complexity index is 401. The van der Waals surface area contributed by atoms with Crippen LogP contribution in [0.25, 0.3) is 0 Å². The molecule has 84 valence electrons. The molecule has 1 heterocycles. The van der Waals surface area contributed by atoms with Gasteiger partial charge in [0.2, 0.25) is 0 Å². The minimum atomic E-state index is -0.0881. The van der Waals surface area contributed by atoms with E-state index in [4.69, 9.17) is 4.74 Å². The molecule has 0 radical (unpaired) electrons. The van der Waals surface area contributed by atoms with Crippen LogP contribution >= 0.6 is 0 Å². The van der Waals surface area contributed by atoms with Gasteiger partial charge in [0, 0.05) is 13.1 Å². The molecule has 0 bridgehead atoms. The molecule has 0 spiro atoms. The van der Waals surface area contributed by atoms with Crippen LogP contribution in [0.2, 0.25) is 0 Å². The summed E-state index contributed by atoms with van der Waals surface area (Å²) in [6.45, 7) is 5.43. The highest BCUT2D eigenvalue weighted by atomic mass is 16.5. The molecule has 1 aliphatic heterocycles. The van der Waals surface area contributed by atoms with E-state index in [-0.39, 0.29) is 11.7 Å². The van der Waals surface area contributed by atoms with Crippen LogP contribution in [-0.2, 0) is 0 Å². The topological polar surface area (TPSA) is 38.3 Å². The standard InChI is InChI=1S/C13H15NO2/c1-2-7-14-8-10-9-16-12-6-4-3-5-11(12)13(10)15/h2-6,10,14H,1,7-9H2/t10-/m0/s1. The summed E-state index contributed by atoms with van der Waals surface area (Å²) >= 11 is 0. The number of Topliss-reactive ketones (excluding diaryl/α,β-unsaturated/α-hetero) is 1. The molecule has 0 aromatic heterocycles. The summed E-state index contributed by atoms with van der Waals surface area (Å²) in [6.07, 6.45) is 1.78. The monoisotopic (exact) mass is 217 g/mol. The molecule has 3 nitrogen and oxygen atoms in total. The SMILES string of the molecule is C=CCNC[C@H]1COc2ccccc2C1=O. The van der Waals surface area contributed by atoms with Gasteiger partial charge in [-0.2, -0.15) is 0 Å². The number of ether oxygens (including phenoxy) is 1. The zero-order valence-corrected chi connectivity index (χ0v) is 9.11. The fraction of sp³-hybridized carbons (Fsp3) is 0.308. The van der Waals surface area contributed by atoms with Crippen molar-refractivity contribution in [3.63, 3.8) is 0 Å². The zero-order chi connectivity index (χ0) is 11.4. The van der Waals surface area contributed by atoms with Crippen molar-refractivity contribution in [1.82, 2.24) is 5.32 Å². The summed E-state index contributed by atoms with van der Waals surface area (Å²) in [6, 6.07) is 7.39. The first-order valence-corrected chi connectivity index (χ1v) is 5.40. The van der Waals surface area contributed by atoms with Gasteiger partial charge < -0.3 is 10.1 Å². The van der Waals surface area contributed by atoms with Gasteiger partial charge in [0.1, 0.15) is 5.75 Å². The highest BCUT2D eigenvalue weighted by Crippen LogP contribution is 2.26. The minimum absolute atomic E-state index is 0.0881. The van der Waals surface area contributed by atoms with E-state index in [0.717, 1.165) is 0 Å². The Balaban J connectivity index is 2.06. The molecular weight excluding hydrogens is 202 g/mol. The summed E-state index contributed by atoms with van der Waals surface area (Å²) in [7, 11) is 0. The van der Waals surface area contributed by atoms with Gasteiger partial charge in [0.15, 0.2) is 5.78 Å². The number of para-hydroxylation sites is 1. The molecule has 0 aliphatic carbocycles. The normalized spacial score (nSPS) is 18.8. The van der Waals surface area contributed by atoms with Crippen LogP contribution in [-0.4, -0.2) is 25.5 Å². The van der Waals surface area contributed by atoms with Crippen LogP contribution in [0.3, 0.4) is 0 Å². The smallest absolute Gasteiger partial charge is 0.174 e. The second kappa shape index (κ2) is 4.94. The Morgan fingerprint density at radius 3 is 3.12 bits per heavy atom. The van der Waals surface area contributed by atoms with Gasteiger partial charge in [-0.15, -0.1) is 6.58 Å². The Morgan fingerprint density at radius 1 is 1.50 bits per heavy atom. The fourth-order valence-electron chi connectivity index (χ4n) is 1.79. The first kappa shape index (κ1) is 10.9. The molecule has 1 aliphatic rings. The lowest BCUT2D eigenvalue weighted by atomic mass is 9.95. The minimum Gasteiger partial charge on any atom is -0.492 e. The van der Waals surface area contributed by atoms with Crippen molar-refractivity contribution < 1.29 is 9.53 Å². The van der Waals surface area contributed by atoms with Crippen molar-refractivity contribution in [2.75, 3.05) is 19.7 Å². The highest BCUT2D eigenvalue weighted by Gasteiger charge is 2.27. The van der Waals surface area contributed by atoms with E-state index in [9.17, 15) is 4.79 Å². The number of ketones is 1. The van der Waals surface area contributed by atoms with Crippen LogP contribution in [0.4, 0.5) is 0 Å². The largest absolute Gasteiger partial charge is 0.492 e. The number of carbonyl (C=O) groups excluding carboxylic acids is 1. The number of hydrogen-bond acceptors (Lipinski definition) is 3. The average molecular weight is 217 g/mol. The van der Waals surface area contributed by atoms with Gasteiger partial charge in [-0.05, 0) is 12.1 Å². The highest BCUT2D eigenvalue weighted by molar-refractivity contribution is 6.01. The van der Waals surface area contributed by atoms with Gasteiger partial charge in [-0.3, -0.25) is 4.79 Å². The van der Waals surface area contributed by atoms with E-state index < -0.39 is 0 Å². The lowest BCUT2D eigenvalue weighted by Crippen LogP contribution is -2.36. The van der Waals surface area contributed by atoms with Crippen LogP contribution in [0.15, 0.2) is 36.9 Å². The number of nitrogens with one attached hydrogen (secondary N) is 1. The average Bonchev–Trinajstić information content (AvgIpc) is 2.33. The molecule has 1 atom stereocenters. The van der Waals surface area contributed by atoms with E-state index >= 15 is 0 Å². The van der Waals surface area contributed by atoms with Crippen molar-refractivity contribution in [2.24, 2.45) is 5.92 Å². The van der Waals surface area contributed by atoms with Crippen molar-refractivity contribution in [1.29, 1.82) is 0 Å². The van der Waals surface area contributed by atoms with Gasteiger partial charge >= 0.3 is 0 Å². The number of fused-ring (bicyclic) bond motifs is 1. The molecule has 1 N–H and O–H groups in total. The van der Waals surface area contributed by atoms with Crippen LogP contribution in [0, 0.1) is 5.92 Å². The molecule has 0 amide bonds. The molecule has 0 saturated heterocycles. The maximum atomic E-state index is 12.1. The van der Waals surface area contributed by atoms with Gasteiger partial charge in [-0.1, -0.05) is 18.2 Å². The lowest BCUT2D eigenvalue weighted by Gasteiger charge is -2.23. The molecular formula is C13H15NO2. The maximum absolute atomic E-state index is 12.1. The summed E-state index contributed by atoms with van der Waals surface area (Å²) in [5.41, 5.74) is 0.694. The second-order valence-electron chi connectivity index (χ2n) is 3.82. The molecule has 0 fully saturated rings. The number of benzene rings is 1. The first-order chi connectivity index (χ1) is 7.83. The summed E-state index contributed by atoms with van der Waals surface area (Å²) in [5.74, 6) is 0.778. The number of rotatable bonds is 4. The molecule has 0 unspecified atom stereocenters. The molecule has 1 aromatic rings. The summed E-state index contributed by atoms with van der Waals surface area (Å²) < 4.78 is 5.55. The van der Waals surface area contributed by atoms with Crippen molar-refractivity contribution in [3.8, 4) is 5.75 Å². The first-order valence-electron chi connectivity index (χ1n) is 5.40. The second-order valence-corrected chi connectivity index (χ2v) is 3.82. The van der Waals surface area contributed by atoms with E-state index in [1.54, 1.807) is 6.08 Å². The lowest BCUT2D eigenvalue weighted by molar-refractivity contribution is 0.0831. The van der Waals surface area contributed by atoms with E-state index in [2.05, 4.69) is 11.9 Å². The van der Waals surface area contributed by atoms with Gasteiger partial charge in [0.05, 0.1) is 18.1 Å². The molecule has 2 rings (SSSR count). The van der Waals surface area contributed by atoms with Crippen molar-refractivity contribution >= 4 is 5.78 Å². The third-order valence-electron chi connectivity index (χ3n) is 2.64. The van der Waals surface area contributed by atoms with Gasteiger partial charge in [-0.25, -0.2) is 0 Å². The summed E-state index contributed by atoms with van der Waals surface area (Å²) in [5, 5.41) is 3.15.